The Morgan fingerprint density at radius 1 is 1.03 bits per heavy atom. The van der Waals surface area contributed by atoms with Gasteiger partial charge >= 0.3 is 0 Å². The molecule has 0 atom stereocenters. The maximum atomic E-state index is 13.5. The van der Waals surface area contributed by atoms with Crippen LogP contribution in [-0.2, 0) is 7.05 Å². The first-order valence-corrected chi connectivity index (χ1v) is 13.0. The van der Waals surface area contributed by atoms with E-state index in [4.69, 9.17) is 33.3 Å². The highest BCUT2D eigenvalue weighted by atomic mass is 35.5. The van der Waals surface area contributed by atoms with E-state index in [1.807, 2.05) is 68.7 Å². The van der Waals surface area contributed by atoms with Crippen LogP contribution >= 0.6 is 34.5 Å². The van der Waals surface area contributed by atoms with Gasteiger partial charge in [-0.3, -0.25) is 14.5 Å². The lowest BCUT2D eigenvalue weighted by atomic mass is 10.2. The summed E-state index contributed by atoms with van der Waals surface area (Å²) in [7, 11) is 1.84. The Bertz CT molecular complexity index is 1750. The molecular weight excluding hydrogens is 527 g/mol. The zero-order chi connectivity index (χ0) is 26.1. The van der Waals surface area contributed by atoms with E-state index in [0.717, 1.165) is 22.7 Å². The van der Waals surface area contributed by atoms with Gasteiger partial charge in [0.15, 0.2) is 5.69 Å². The smallest absolute Gasteiger partial charge is 0.283 e. The van der Waals surface area contributed by atoms with E-state index in [0.29, 0.717) is 31.8 Å². The van der Waals surface area contributed by atoms with Gasteiger partial charge in [0.1, 0.15) is 0 Å². The van der Waals surface area contributed by atoms with Crippen LogP contribution in [0, 0.1) is 6.92 Å². The lowest BCUT2D eigenvalue weighted by molar-refractivity contribution is 0.630. The van der Waals surface area contributed by atoms with Crippen LogP contribution in [0.25, 0.3) is 16.9 Å². The Labute approximate surface area is 227 Å². The van der Waals surface area contributed by atoms with Crippen LogP contribution in [0.4, 0.5) is 5.69 Å². The summed E-state index contributed by atoms with van der Waals surface area (Å²) >= 11 is 14.2. The topological polar surface area (TPSA) is 69.5 Å². The van der Waals surface area contributed by atoms with E-state index in [1.165, 1.54) is 11.3 Å². The molecule has 0 saturated carbocycles. The van der Waals surface area contributed by atoms with Crippen molar-refractivity contribution in [3.8, 4) is 16.9 Å². The van der Waals surface area contributed by atoms with Crippen molar-refractivity contribution in [2.75, 3.05) is 0 Å². The van der Waals surface area contributed by atoms with Crippen molar-refractivity contribution in [2.24, 2.45) is 17.1 Å². The summed E-state index contributed by atoms with van der Waals surface area (Å²) in [4.78, 5) is 22.9. The van der Waals surface area contributed by atoms with Crippen molar-refractivity contribution in [3.05, 3.63) is 115 Å². The summed E-state index contributed by atoms with van der Waals surface area (Å²) in [6.07, 6.45) is 3.43. The quantitative estimate of drug-likeness (QED) is 0.244. The third kappa shape index (κ3) is 4.83. The molecule has 3 heterocycles. The molecule has 0 aliphatic rings. The van der Waals surface area contributed by atoms with Crippen molar-refractivity contribution < 1.29 is 0 Å². The number of halogens is 2. The first kappa shape index (κ1) is 25.0. The molecule has 5 aromatic rings. The highest BCUT2D eigenvalue weighted by Gasteiger charge is 2.18. The Balaban J connectivity index is 1.76. The average Bonchev–Trinajstić information content (AvgIpc) is 3.39. The molecule has 5 rings (SSSR count). The fourth-order valence-corrected chi connectivity index (χ4v) is 5.15. The standard InChI is InChI=1S/C27H22Cl2N6OS/c1-17(19-11-13-30-14-12-19)32-34-24(22-15-20(28)9-10-23(22)29)16-37-27(34)31-25-18(2)33(3)35(26(25)36)21-7-5-4-6-8-21/h4-16H,1-3H3. The second kappa shape index (κ2) is 10.3. The van der Waals surface area contributed by atoms with Crippen molar-refractivity contribution in [3.63, 3.8) is 0 Å². The normalized spacial score (nSPS) is 12.4. The lowest BCUT2D eigenvalue weighted by Gasteiger charge is -2.08. The Hall–Kier alpha value is -3.72. The third-order valence-electron chi connectivity index (χ3n) is 5.97. The van der Waals surface area contributed by atoms with E-state index >= 15 is 0 Å². The molecule has 37 heavy (non-hydrogen) atoms. The molecule has 0 aliphatic carbocycles. The molecule has 7 nitrogen and oxygen atoms in total. The maximum Gasteiger partial charge on any atom is 0.297 e. The van der Waals surface area contributed by atoms with Gasteiger partial charge in [-0.05, 0) is 56.3 Å². The molecule has 2 aromatic carbocycles. The predicted octanol–water partition coefficient (Wildman–Crippen LogP) is 6.22. The van der Waals surface area contributed by atoms with Crippen LogP contribution < -0.4 is 10.4 Å². The molecule has 3 aromatic heterocycles. The number of hydrogen-bond donors (Lipinski definition) is 0. The number of benzene rings is 2. The van der Waals surface area contributed by atoms with Gasteiger partial charge in [-0.15, -0.1) is 11.3 Å². The lowest BCUT2D eigenvalue weighted by Crippen LogP contribution is -2.20. The van der Waals surface area contributed by atoms with Crippen LogP contribution in [0.1, 0.15) is 18.2 Å². The number of thiazole rings is 1. The number of pyridine rings is 1. The molecule has 0 radical (unpaired) electrons. The number of rotatable bonds is 5. The van der Waals surface area contributed by atoms with E-state index < -0.39 is 0 Å². The fraction of sp³-hybridized carbons (Fsp3) is 0.111. The van der Waals surface area contributed by atoms with Gasteiger partial charge in [-0.2, -0.15) is 5.10 Å². The minimum absolute atomic E-state index is 0.219. The fourth-order valence-electron chi connectivity index (χ4n) is 3.93. The Kier molecular flexibility index (Phi) is 6.97. The third-order valence-corrected chi connectivity index (χ3v) is 7.35. The summed E-state index contributed by atoms with van der Waals surface area (Å²) in [5.41, 5.74) is 4.68. The second-order valence-corrected chi connectivity index (χ2v) is 9.96. The first-order valence-electron chi connectivity index (χ1n) is 11.4. The number of para-hydroxylation sites is 1. The Morgan fingerprint density at radius 2 is 1.76 bits per heavy atom. The number of hydrogen-bond acceptors (Lipinski definition) is 5. The van der Waals surface area contributed by atoms with E-state index in [2.05, 4.69) is 4.98 Å². The van der Waals surface area contributed by atoms with Crippen LogP contribution in [0.5, 0.6) is 0 Å². The van der Waals surface area contributed by atoms with Crippen LogP contribution in [-0.4, -0.2) is 24.7 Å². The highest BCUT2D eigenvalue weighted by Crippen LogP contribution is 2.31. The average molecular weight is 549 g/mol. The molecule has 0 aliphatic heterocycles. The summed E-state index contributed by atoms with van der Waals surface area (Å²) in [6.45, 7) is 3.78. The largest absolute Gasteiger partial charge is 0.297 e. The minimum atomic E-state index is -0.219. The zero-order valence-electron chi connectivity index (χ0n) is 20.3. The number of aromatic nitrogens is 4. The maximum absolute atomic E-state index is 13.5. The molecule has 0 unspecified atom stereocenters. The number of nitrogens with zero attached hydrogens (tertiary/aromatic N) is 6. The Morgan fingerprint density at radius 3 is 2.49 bits per heavy atom. The van der Waals surface area contributed by atoms with Crippen LogP contribution in [0.15, 0.2) is 93.3 Å². The SMILES string of the molecule is CC(=Nn1c(-c2cc(Cl)ccc2Cl)csc1=Nc1c(C)n(C)n(-c2ccccc2)c1=O)c1ccncc1. The summed E-state index contributed by atoms with van der Waals surface area (Å²) in [5.74, 6) is 0. The molecule has 0 bridgehead atoms. The molecule has 0 spiro atoms. The zero-order valence-corrected chi connectivity index (χ0v) is 22.6. The van der Waals surface area contributed by atoms with Gasteiger partial charge in [-0.1, -0.05) is 41.4 Å². The van der Waals surface area contributed by atoms with E-state index in [-0.39, 0.29) is 5.56 Å². The molecule has 0 saturated heterocycles. The summed E-state index contributed by atoms with van der Waals surface area (Å²) in [6, 6.07) is 18.5. The minimum Gasteiger partial charge on any atom is -0.283 e. The highest BCUT2D eigenvalue weighted by molar-refractivity contribution is 7.07. The predicted molar refractivity (Wildman–Crippen MR) is 151 cm³/mol. The second-order valence-electron chi connectivity index (χ2n) is 8.28. The summed E-state index contributed by atoms with van der Waals surface area (Å²) in [5, 5.41) is 7.87. The van der Waals surface area contributed by atoms with Crippen molar-refractivity contribution in [1.29, 1.82) is 0 Å². The van der Waals surface area contributed by atoms with Gasteiger partial charge in [0.2, 0.25) is 4.80 Å². The molecule has 10 heteroatoms. The van der Waals surface area contributed by atoms with Gasteiger partial charge < -0.3 is 0 Å². The van der Waals surface area contributed by atoms with Gasteiger partial charge in [0, 0.05) is 41.0 Å². The molecule has 0 amide bonds. The van der Waals surface area contributed by atoms with E-state index in [9.17, 15) is 4.79 Å². The van der Waals surface area contributed by atoms with Gasteiger partial charge in [-0.25, -0.2) is 14.4 Å². The molecule has 0 N–H and O–H groups in total. The molecule has 186 valence electrons. The van der Waals surface area contributed by atoms with Crippen LogP contribution in [0.2, 0.25) is 10.0 Å². The molecule has 0 fully saturated rings. The van der Waals surface area contributed by atoms with Crippen LogP contribution in [0.3, 0.4) is 0 Å². The first-order chi connectivity index (χ1) is 17.8. The van der Waals surface area contributed by atoms with Gasteiger partial charge in [0.25, 0.3) is 5.56 Å². The molecular formula is C27H22Cl2N6OS. The van der Waals surface area contributed by atoms with Crippen molar-refractivity contribution >= 4 is 45.9 Å². The van der Waals surface area contributed by atoms with Gasteiger partial charge in [0.05, 0.1) is 27.8 Å². The van der Waals surface area contributed by atoms with Crippen molar-refractivity contribution in [1.82, 2.24) is 19.0 Å². The van der Waals surface area contributed by atoms with Crippen molar-refractivity contribution in [2.45, 2.75) is 13.8 Å². The monoisotopic (exact) mass is 548 g/mol. The summed E-state index contributed by atoms with van der Waals surface area (Å²) < 4.78 is 5.11. The van der Waals surface area contributed by atoms with E-state index in [1.54, 1.807) is 44.6 Å².